The van der Waals surface area contributed by atoms with Gasteiger partial charge in [-0.3, -0.25) is 0 Å². The van der Waals surface area contributed by atoms with Gasteiger partial charge in [-0.15, -0.1) is 0 Å². The van der Waals surface area contributed by atoms with Crippen LogP contribution in [-0.2, 0) is 11.2 Å². The van der Waals surface area contributed by atoms with E-state index in [-0.39, 0.29) is 0 Å². The van der Waals surface area contributed by atoms with Crippen molar-refractivity contribution in [1.82, 2.24) is 0 Å². The molecule has 0 aliphatic rings. The summed E-state index contributed by atoms with van der Waals surface area (Å²) in [7, 11) is 0. The van der Waals surface area contributed by atoms with Crippen LogP contribution in [0.2, 0.25) is 0 Å². The van der Waals surface area contributed by atoms with Gasteiger partial charge >= 0.3 is 11.9 Å². The fraction of sp³-hybridized carbons (Fsp3) is 0.300. The van der Waals surface area contributed by atoms with Crippen LogP contribution in [0.25, 0.3) is 0 Å². The minimum atomic E-state index is -3.72. The summed E-state index contributed by atoms with van der Waals surface area (Å²) in [5.41, 5.74) is 0.968. The molecule has 0 unspecified atom stereocenters. The summed E-state index contributed by atoms with van der Waals surface area (Å²) in [6.07, 6.45) is -0.784. The van der Waals surface area contributed by atoms with E-state index >= 15 is 0 Å². The standard InChI is InChI=1S/C10H9BrF2O2/c1-6-7(3-2-4-8(6)11)5-10(12,13)9(14)15/h2-4H,5H2,1H3,(H,14,15). The van der Waals surface area contributed by atoms with Crippen molar-refractivity contribution in [2.75, 3.05) is 0 Å². The molecule has 15 heavy (non-hydrogen) atoms. The van der Waals surface area contributed by atoms with Crippen molar-refractivity contribution < 1.29 is 18.7 Å². The van der Waals surface area contributed by atoms with Crippen LogP contribution in [0.3, 0.4) is 0 Å². The maximum atomic E-state index is 12.9. The first-order chi connectivity index (χ1) is 6.84. The zero-order valence-electron chi connectivity index (χ0n) is 7.93. The lowest BCUT2D eigenvalue weighted by atomic mass is 10.0. The van der Waals surface area contributed by atoms with Gasteiger partial charge in [0.1, 0.15) is 0 Å². The Hall–Kier alpha value is -0.970. The Kier molecular flexibility index (Phi) is 3.44. The number of hydrogen-bond acceptors (Lipinski definition) is 1. The van der Waals surface area contributed by atoms with Crippen LogP contribution in [0.5, 0.6) is 0 Å². The quantitative estimate of drug-likeness (QED) is 0.923. The average molecular weight is 279 g/mol. The van der Waals surface area contributed by atoms with Crippen molar-refractivity contribution in [2.45, 2.75) is 19.3 Å². The lowest BCUT2D eigenvalue weighted by molar-refractivity contribution is -0.164. The van der Waals surface area contributed by atoms with Crippen LogP contribution in [0.15, 0.2) is 22.7 Å². The molecule has 2 nitrogen and oxygen atoms in total. The highest BCUT2D eigenvalue weighted by molar-refractivity contribution is 9.10. The minimum absolute atomic E-state index is 0.330. The van der Waals surface area contributed by atoms with Gasteiger partial charge in [-0.25, -0.2) is 4.79 Å². The van der Waals surface area contributed by atoms with Crippen molar-refractivity contribution >= 4 is 21.9 Å². The van der Waals surface area contributed by atoms with E-state index in [1.165, 1.54) is 6.07 Å². The average Bonchev–Trinajstić information content (AvgIpc) is 2.12. The van der Waals surface area contributed by atoms with Gasteiger partial charge in [0.2, 0.25) is 0 Å². The highest BCUT2D eigenvalue weighted by Gasteiger charge is 2.39. The van der Waals surface area contributed by atoms with Crippen LogP contribution in [0.1, 0.15) is 11.1 Å². The Balaban J connectivity index is 3.00. The molecule has 0 spiro atoms. The molecule has 0 aromatic heterocycles. The van der Waals surface area contributed by atoms with Gasteiger partial charge in [0, 0.05) is 10.9 Å². The maximum Gasteiger partial charge on any atom is 0.374 e. The normalized spacial score (nSPS) is 11.5. The molecule has 0 aliphatic heterocycles. The number of carboxylic acid groups (broad SMARTS) is 1. The van der Waals surface area contributed by atoms with E-state index in [9.17, 15) is 13.6 Å². The molecule has 82 valence electrons. The van der Waals surface area contributed by atoms with Gasteiger partial charge in [0.25, 0.3) is 0 Å². The number of aliphatic carboxylic acids is 1. The van der Waals surface area contributed by atoms with Crippen LogP contribution in [0, 0.1) is 6.92 Å². The van der Waals surface area contributed by atoms with E-state index < -0.39 is 18.3 Å². The van der Waals surface area contributed by atoms with Gasteiger partial charge in [-0.1, -0.05) is 28.1 Å². The zero-order chi connectivity index (χ0) is 11.6. The van der Waals surface area contributed by atoms with E-state index in [1.54, 1.807) is 19.1 Å². The first-order valence-electron chi connectivity index (χ1n) is 4.20. The van der Waals surface area contributed by atoms with E-state index in [2.05, 4.69) is 15.9 Å². The fourth-order valence-corrected chi connectivity index (χ4v) is 1.57. The molecule has 0 bridgehead atoms. The molecular formula is C10H9BrF2O2. The number of rotatable bonds is 3. The summed E-state index contributed by atoms with van der Waals surface area (Å²) >= 11 is 3.20. The molecule has 0 amide bonds. The summed E-state index contributed by atoms with van der Waals surface area (Å²) in [6.45, 7) is 1.66. The number of alkyl halides is 2. The molecule has 0 saturated carbocycles. The van der Waals surface area contributed by atoms with Gasteiger partial charge in [-0.2, -0.15) is 8.78 Å². The Morgan fingerprint density at radius 1 is 1.53 bits per heavy atom. The van der Waals surface area contributed by atoms with Gasteiger partial charge in [0.15, 0.2) is 0 Å². The second-order valence-electron chi connectivity index (χ2n) is 3.21. The SMILES string of the molecule is Cc1c(Br)cccc1CC(F)(F)C(=O)O. The second kappa shape index (κ2) is 4.26. The van der Waals surface area contributed by atoms with Crippen molar-refractivity contribution in [3.8, 4) is 0 Å². The second-order valence-corrected chi connectivity index (χ2v) is 4.06. The smallest absolute Gasteiger partial charge is 0.374 e. The van der Waals surface area contributed by atoms with E-state index in [0.29, 0.717) is 15.6 Å². The van der Waals surface area contributed by atoms with E-state index in [4.69, 9.17) is 5.11 Å². The van der Waals surface area contributed by atoms with Crippen molar-refractivity contribution in [3.63, 3.8) is 0 Å². The lowest BCUT2D eigenvalue weighted by Gasteiger charge is -2.13. The van der Waals surface area contributed by atoms with E-state index in [0.717, 1.165) is 0 Å². The summed E-state index contributed by atoms with van der Waals surface area (Å²) < 4.78 is 26.6. The molecule has 0 aliphatic carbocycles. The molecule has 0 fully saturated rings. The van der Waals surface area contributed by atoms with Crippen molar-refractivity contribution in [2.24, 2.45) is 0 Å². The molecule has 1 aromatic carbocycles. The predicted molar refractivity (Wildman–Crippen MR) is 55.2 cm³/mol. The molecule has 5 heteroatoms. The molecule has 1 N–H and O–H groups in total. The first-order valence-corrected chi connectivity index (χ1v) is 4.99. The van der Waals surface area contributed by atoms with E-state index in [1.807, 2.05) is 0 Å². The largest absolute Gasteiger partial charge is 0.477 e. The van der Waals surface area contributed by atoms with Crippen LogP contribution >= 0.6 is 15.9 Å². The van der Waals surface area contributed by atoms with Gasteiger partial charge in [-0.05, 0) is 24.1 Å². The van der Waals surface area contributed by atoms with Gasteiger partial charge in [0.05, 0.1) is 0 Å². The summed E-state index contributed by atoms with van der Waals surface area (Å²) in [6, 6.07) is 4.82. The predicted octanol–water partition coefficient (Wildman–Crippen LogP) is 3.02. The summed E-state index contributed by atoms with van der Waals surface area (Å²) in [5.74, 6) is -5.81. The van der Waals surface area contributed by atoms with Crippen LogP contribution in [-0.4, -0.2) is 17.0 Å². The maximum absolute atomic E-state index is 12.9. The monoisotopic (exact) mass is 278 g/mol. The Morgan fingerprint density at radius 2 is 2.13 bits per heavy atom. The highest BCUT2D eigenvalue weighted by atomic mass is 79.9. The number of halogens is 3. The molecular weight excluding hydrogens is 270 g/mol. The topological polar surface area (TPSA) is 37.3 Å². The Bertz CT molecular complexity index is 391. The first kappa shape index (κ1) is 12.1. The van der Waals surface area contributed by atoms with Crippen LogP contribution in [0.4, 0.5) is 8.78 Å². The van der Waals surface area contributed by atoms with Crippen LogP contribution < -0.4 is 0 Å². The number of carbonyl (C=O) groups is 1. The summed E-state index contributed by atoms with van der Waals surface area (Å²) in [4.78, 5) is 10.3. The van der Waals surface area contributed by atoms with Gasteiger partial charge < -0.3 is 5.11 Å². The number of hydrogen-bond donors (Lipinski definition) is 1. The summed E-state index contributed by atoms with van der Waals surface area (Å²) in [5, 5.41) is 8.30. The van der Waals surface area contributed by atoms with Crippen molar-refractivity contribution in [1.29, 1.82) is 0 Å². The third-order valence-corrected chi connectivity index (χ3v) is 2.96. The third-order valence-electron chi connectivity index (χ3n) is 2.11. The molecule has 1 aromatic rings. The molecule has 0 heterocycles. The van der Waals surface area contributed by atoms with Crippen molar-refractivity contribution in [3.05, 3.63) is 33.8 Å². The minimum Gasteiger partial charge on any atom is -0.477 e. The molecule has 0 radical (unpaired) electrons. The number of carboxylic acids is 1. The lowest BCUT2D eigenvalue weighted by Crippen LogP contribution is -2.30. The highest BCUT2D eigenvalue weighted by Crippen LogP contribution is 2.26. The number of benzene rings is 1. The Labute approximate surface area is 94.0 Å². The molecule has 1 rings (SSSR count). The zero-order valence-corrected chi connectivity index (χ0v) is 9.51. The molecule has 0 atom stereocenters. The molecule has 0 saturated heterocycles. The fourth-order valence-electron chi connectivity index (χ4n) is 1.16. The Morgan fingerprint density at radius 3 is 2.67 bits per heavy atom. The third kappa shape index (κ3) is 2.75.